The molecule has 0 aliphatic rings. The van der Waals surface area contributed by atoms with Crippen molar-refractivity contribution in [1.82, 2.24) is 4.48 Å². The highest BCUT2D eigenvalue weighted by Crippen LogP contribution is 2.17. The molecule has 140 valence electrons. The van der Waals surface area contributed by atoms with E-state index in [4.69, 9.17) is 4.74 Å². The SMILES string of the molecule is CCCCCCCCCCCCOC[N+](C)(C)c1ccccc1.[Cl-]. The second-order valence-electron chi connectivity index (χ2n) is 7.24. The zero-order chi connectivity index (χ0) is 16.8. The van der Waals surface area contributed by atoms with E-state index in [-0.39, 0.29) is 12.4 Å². The average Bonchev–Trinajstić information content (AvgIpc) is 2.56. The molecule has 0 saturated carbocycles. The zero-order valence-corrected chi connectivity index (χ0v) is 16.9. The number of halogens is 1. The normalized spacial score (nSPS) is 11.3. The van der Waals surface area contributed by atoms with E-state index in [9.17, 15) is 0 Å². The molecule has 0 bridgehead atoms. The van der Waals surface area contributed by atoms with Gasteiger partial charge in [-0.1, -0.05) is 82.9 Å². The first-order valence-electron chi connectivity index (χ1n) is 9.63. The van der Waals surface area contributed by atoms with Gasteiger partial charge in [0.1, 0.15) is 5.69 Å². The van der Waals surface area contributed by atoms with Crippen LogP contribution in [-0.2, 0) is 4.74 Å². The van der Waals surface area contributed by atoms with Gasteiger partial charge in [0.15, 0.2) is 6.73 Å². The maximum atomic E-state index is 5.90. The summed E-state index contributed by atoms with van der Waals surface area (Å²) in [6, 6.07) is 10.6. The highest BCUT2D eigenvalue weighted by atomic mass is 35.5. The third-order valence-electron chi connectivity index (χ3n) is 4.51. The number of para-hydroxylation sites is 1. The van der Waals surface area contributed by atoms with E-state index >= 15 is 0 Å². The number of nitrogens with zero attached hydrogens (tertiary/aromatic N) is 1. The molecule has 3 heteroatoms. The van der Waals surface area contributed by atoms with E-state index in [2.05, 4.69) is 51.4 Å². The van der Waals surface area contributed by atoms with Gasteiger partial charge in [-0.2, -0.15) is 0 Å². The molecule has 1 aromatic carbocycles. The summed E-state index contributed by atoms with van der Waals surface area (Å²) in [5.74, 6) is 0. The van der Waals surface area contributed by atoms with Gasteiger partial charge in [0.25, 0.3) is 0 Å². The highest BCUT2D eigenvalue weighted by molar-refractivity contribution is 5.40. The number of ether oxygens (including phenoxy) is 1. The van der Waals surface area contributed by atoms with Gasteiger partial charge in [-0.15, -0.1) is 0 Å². The summed E-state index contributed by atoms with van der Waals surface area (Å²) in [5.41, 5.74) is 1.30. The van der Waals surface area contributed by atoms with Crippen LogP contribution in [0.1, 0.15) is 71.1 Å². The van der Waals surface area contributed by atoms with E-state index in [1.807, 2.05) is 0 Å². The summed E-state index contributed by atoms with van der Waals surface area (Å²) in [5, 5.41) is 0. The van der Waals surface area contributed by atoms with Gasteiger partial charge in [0, 0.05) is 0 Å². The van der Waals surface area contributed by atoms with E-state index in [0.29, 0.717) is 0 Å². The summed E-state index contributed by atoms with van der Waals surface area (Å²) < 4.78 is 6.69. The molecular weight excluding hydrogens is 318 g/mol. The van der Waals surface area contributed by atoms with Crippen LogP contribution in [0.2, 0.25) is 0 Å². The van der Waals surface area contributed by atoms with Crippen LogP contribution in [0, 0.1) is 0 Å². The van der Waals surface area contributed by atoms with Crippen LogP contribution in [0.25, 0.3) is 0 Å². The van der Waals surface area contributed by atoms with Crippen molar-refractivity contribution in [3.63, 3.8) is 0 Å². The fraction of sp³-hybridized carbons (Fsp3) is 0.714. The van der Waals surface area contributed by atoms with Crippen LogP contribution < -0.4 is 16.9 Å². The number of benzene rings is 1. The number of hydrogen-bond donors (Lipinski definition) is 0. The van der Waals surface area contributed by atoms with E-state index in [1.165, 1.54) is 69.9 Å². The van der Waals surface area contributed by atoms with Gasteiger partial charge in [-0.25, -0.2) is 0 Å². The summed E-state index contributed by atoms with van der Waals surface area (Å²) in [4.78, 5) is 0. The van der Waals surface area contributed by atoms with Crippen LogP contribution in [0.4, 0.5) is 5.69 Å². The van der Waals surface area contributed by atoms with Crippen molar-refractivity contribution in [2.75, 3.05) is 27.4 Å². The Balaban J connectivity index is 0.00000529. The molecular formula is C21H38ClNO. The summed E-state index contributed by atoms with van der Waals surface area (Å²) in [7, 11) is 4.40. The van der Waals surface area contributed by atoms with E-state index < -0.39 is 0 Å². The minimum absolute atomic E-state index is 0. The monoisotopic (exact) mass is 355 g/mol. The first-order valence-corrected chi connectivity index (χ1v) is 9.63. The number of hydrogen-bond acceptors (Lipinski definition) is 1. The second-order valence-corrected chi connectivity index (χ2v) is 7.24. The molecule has 2 nitrogen and oxygen atoms in total. The van der Waals surface area contributed by atoms with Gasteiger partial charge in [0.2, 0.25) is 0 Å². The lowest BCUT2D eigenvalue weighted by molar-refractivity contribution is -0.00000557. The predicted molar refractivity (Wildman–Crippen MR) is 103 cm³/mol. The van der Waals surface area contributed by atoms with E-state index in [1.54, 1.807) is 0 Å². The molecule has 0 aromatic heterocycles. The molecule has 0 N–H and O–H groups in total. The molecule has 0 heterocycles. The molecule has 24 heavy (non-hydrogen) atoms. The molecule has 0 unspecified atom stereocenters. The molecule has 0 spiro atoms. The summed E-state index contributed by atoms with van der Waals surface area (Å²) in [6.07, 6.45) is 13.8. The number of rotatable bonds is 14. The van der Waals surface area contributed by atoms with Crippen molar-refractivity contribution >= 4 is 5.69 Å². The van der Waals surface area contributed by atoms with Crippen molar-refractivity contribution in [3.8, 4) is 0 Å². The molecule has 0 amide bonds. The van der Waals surface area contributed by atoms with Crippen LogP contribution in [-0.4, -0.2) is 27.4 Å². The quantitative estimate of drug-likeness (QED) is 0.283. The smallest absolute Gasteiger partial charge is 0.187 e. The Morgan fingerprint density at radius 3 is 1.79 bits per heavy atom. The van der Waals surface area contributed by atoms with Gasteiger partial charge in [0.05, 0.1) is 20.7 Å². The van der Waals surface area contributed by atoms with Crippen molar-refractivity contribution in [3.05, 3.63) is 30.3 Å². The fourth-order valence-electron chi connectivity index (χ4n) is 2.89. The van der Waals surface area contributed by atoms with Crippen LogP contribution in [0.3, 0.4) is 0 Å². The van der Waals surface area contributed by atoms with Crippen molar-refractivity contribution in [2.24, 2.45) is 0 Å². The van der Waals surface area contributed by atoms with Crippen LogP contribution in [0.15, 0.2) is 30.3 Å². The molecule has 1 rings (SSSR count). The first kappa shape index (κ1) is 23.4. The Morgan fingerprint density at radius 1 is 0.750 bits per heavy atom. The molecule has 0 radical (unpaired) electrons. The number of quaternary nitrogens is 1. The lowest BCUT2D eigenvalue weighted by Gasteiger charge is -2.28. The second kappa shape index (κ2) is 14.7. The zero-order valence-electron chi connectivity index (χ0n) is 16.1. The van der Waals surface area contributed by atoms with Crippen LogP contribution >= 0.6 is 0 Å². The Kier molecular flexibility index (Phi) is 14.4. The van der Waals surface area contributed by atoms with Gasteiger partial charge >= 0.3 is 0 Å². The Bertz CT molecular complexity index is 381. The molecule has 0 atom stereocenters. The lowest BCUT2D eigenvalue weighted by Crippen LogP contribution is -3.00. The minimum atomic E-state index is 0. The summed E-state index contributed by atoms with van der Waals surface area (Å²) >= 11 is 0. The van der Waals surface area contributed by atoms with Gasteiger partial charge in [-0.3, -0.25) is 4.48 Å². The highest BCUT2D eigenvalue weighted by Gasteiger charge is 2.17. The third-order valence-corrected chi connectivity index (χ3v) is 4.51. The maximum Gasteiger partial charge on any atom is 0.187 e. The largest absolute Gasteiger partial charge is 1.00 e. The molecule has 0 aliphatic carbocycles. The van der Waals surface area contributed by atoms with Gasteiger partial charge < -0.3 is 17.1 Å². The topological polar surface area (TPSA) is 9.23 Å². The van der Waals surface area contributed by atoms with Crippen molar-refractivity contribution in [1.29, 1.82) is 0 Å². The molecule has 0 saturated heterocycles. The molecule has 0 aliphatic heterocycles. The lowest BCUT2D eigenvalue weighted by atomic mass is 10.1. The molecule has 1 aromatic rings. The Hall–Kier alpha value is -0.570. The Morgan fingerprint density at radius 2 is 1.25 bits per heavy atom. The molecule has 0 fully saturated rings. The van der Waals surface area contributed by atoms with Crippen molar-refractivity contribution < 1.29 is 17.1 Å². The van der Waals surface area contributed by atoms with E-state index in [0.717, 1.165) is 17.8 Å². The van der Waals surface area contributed by atoms with Crippen molar-refractivity contribution in [2.45, 2.75) is 71.1 Å². The number of unbranched alkanes of at least 4 members (excludes halogenated alkanes) is 9. The standard InChI is InChI=1S/C21H38NO.ClH/c1-4-5-6-7-8-9-10-11-12-16-19-23-20-22(2,3)21-17-14-13-15-18-21;/h13-15,17-18H,4-12,16,19-20H2,1-3H3;1H/q+1;/p-1. The van der Waals surface area contributed by atoms with Crippen LogP contribution in [0.5, 0.6) is 0 Å². The third kappa shape index (κ3) is 11.1. The first-order chi connectivity index (χ1) is 11.2. The minimum Gasteiger partial charge on any atom is -1.00 e. The maximum absolute atomic E-state index is 5.90. The Labute approximate surface area is 156 Å². The predicted octanol–water partition coefficient (Wildman–Crippen LogP) is 3.15. The fourth-order valence-corrected chi connectivity index (χ4v) is 2.89. The van der Waals surface area contributed by atoms with Gasteiger partial charge in [-0.05, 0) is 18.6 Å². The average molecular weight is 356 g/mol. The summed E-state index contributed by atoms with van der Waals surface area (Å²) in [6.45, 7) is 3.92.